The maximum Gasteiger partial charge on any atom is 0.522 e. The predicted octanol–water partition coefficient (Wildman–Crippen LogP) is 1.34. The van der Waals surface area contributed by atoms with Crippen LogP contribution in [0.15, 0.2) is 0 Å². The fourth-order valence-electron chi connectivity index (χ4n) is 0.333. The summed E-state index contributed by atoms with van der Waals surface area (Å²) in [5, 5.41) is 0. The van der Waals surface area contributed by atoms with Crippen molar-refractivity contribution >= 4 is 20.2 Å². The molecule has 0 bridgehead atoms. The molecule has 0 atom stereocenters. The van der Waals surface area contributed by atoms with E-state index in [1.165, 1.54) is 0 Å². The molecule has 0 saturated heterocycles. The van der Waals surface area contributed by atoms with Crippen molar-refractivity contribution in [1.82, 2.24) is 0 Å². The summed E-state index contributed by atoms with van der Waals surface area (Å²) in [5.41, 5.74) is -11.1. The summed E-state index contributed by atoms with van der Waals surface area (Å²) in [4.78, 5) is 0. The minimum Gasteiger partial charge on any atom is -0.382 e. The summed E-state index contributed by atoms with van der Waals surface area (Å²) in [6.07, 6.45) is 0. The Balaban J connectivity index is -0.0000000881. The SMILES string of the molecule is COCCOC.COCCOC.O=S(=O)(O)C(F)(F)F.O=S(=O)(O)C(F)(F)F.[Zn]. The van der Waals surface area contributed by atoms with Crippen LogP contribution >= 0.6 is 0 Å². The number of hydrogen-bond acceptors (Lipinski definition) is 8. The van der Waals surface area contributed by atoms with E-state index in [9.17, 15) is 26.3 Å². The van der Waals surface area contributed by atoms with Crippen molar-refractivity contribution in [3.63, 3.8) is 0 Å². The minimum atomic E-state index is -5.84. The van der Waals surface area contributed by atoms with Gasteiger partial charge in [0.15, 0.2) is 0 Å². The summed E-state index contributed by atoms with van der Waals surface area (Å²) in [6.45, 7) is 2.76. The topological polar surface area (TPSA) is 146 Å². The van der Waals surface area contributed by atoms with E-state index >= 15 is 0 Å². The first-order chi connectivity index (χ1) is 12.3. The Morgan fingerprint density at radius 2 is 0.690 bits per heavy atom. The first-order valence-electron chi connectivity index (χ1n) is 6.36. The maximum absolute atomic E-state index is 10.7. The van der Waals surface area contributed by atoms with Crippen molar-refractivity contribution < 1.29 is 90.7 Å². The number of ether oxygens (including phenoxy) is 4. The van der Waals surface area contributed by atoms with Crippen LogP contribution in [0.4, 0.5) is 26.3 Å². The van der Waals surface area contributed by atoms with Crippen LogP contribution in [0.5, 0.6) is 0 Å². The summed E-state index contributed by atoms with van der Waals surface area (Å²) in [6, 6.07) is 0. The molecule has 0 aromatic rings. The van der Waals surface area contributed by atoms with Gasteiger partial charge in [-0.05, 0) is 0 Å². The van der Waals surface area contributed by atoms with Gasteiger partial charge in [0.25, 0.3) is 0 Å². The van der Waals surface area contributed by atoms with Gasteiger partial charge in [-0.15, -0.1) is 0 Å². The van der Waals surface area contributed by atoms with E-state index in [4.69, 9.17) is 25.9 Å². The summed E-state index contributed by atoms with van der Waals surface area (Å²) < 4.78 is 134. The van der Waals surface area contributed by atoms with E-state index in [2.05, 4.69) is 18.9 Å². The zero-order valence-corrected chi connectivity index (χ0v) is 20.4. The van der Waals surface area contributed by atoms with Crippen molar-refractivity contribution in [2.24, 2.45) is 0 Å². The van der Waals surface area contributed by atoms with Gasteiger partial charge >= 0.3 is 31.3 Å². The number of halogens is 6. The summed E-state index contributed by atoms with van der Waals surface area (Å²) in [7, 11) is -5.07. The van der Waals surface area contributed by atoms with Gasteiger partial charge in [0, 0.05) is 47.9 Å². The third kappa shape index (κ3) is 32.7. The molecular formula is C10H22F6O10S2Zn. The molecule has 0 amide bonds. The van der Waals surface area contributed by atoms with Crippen LogP contribution in [0.2, 0.25) is 0 Å². The Morgan fingerprint density at radius 1 is 0.586 bits per heavy atom. The molecule has 0 fully saturated rings. The van der Waals surface area contributed by atoms with Crippen molar-refractivity contribution in [2.45, 2.75) is 11.0 Å². The Bertz CT molecular complexity index is 492. The first-order valence-corrected chi connectivity index (χ1v) is 9.24. The number of alkyl halides is 6. The molecule has 178 valence electrons. The fraction of sp³-hybridized carbons (Fsp3) is 1.00. The predicted molar refractivity (Wildman–Crippen MR) is 82.7 cm³/mol. The Labute approximate surface area is 177 Å². The molecule has 0 aliphatic rings. The molecule has 0 unspecified atom stereocenters. The minimum absolute atomic E-state index is 0. The summed E-state index contributed by atoms with van der Waals surface area (Å²) in [5.74, 6) is 0. The van der Waals surface area contributed by atoms with Crippen LogP contribution in [0, 0.1) is 0 Å². The van der Waals surface area contributed by atoms with Gasteiger partial charge in [-0.2, -0.15) is 43.2 Å². The fourth-order valence-corrected chi connectivity index (χ4v) is 0.333. The quantitative estimate of drug-likeness (QED) is 0.165. The third-order valence-electron chi connectivity index (χ3n) is 1.57. The largest absolute Gasteiger partial charge is 0.522 e. The molecule has 0 aromatic carbocycles. The molecule has 10 nitrogen and oxygen atoms in total. The van der Waals surface area contributed by atoms with E-state index in [1.807, 2.05) is 0 Å². The van der Waals surface area contributed by atoms with Crippen molar-refractivity contribution in [3.05, 3.63) is 0 Å². The monoisotopic (exact) mass is 544 g/mol. The maximum atomic E-state index is 10.7. The van der Waals surface area contributed by atoms with Gasteiger partial charge in [0.1, 0.15) is 0 Å². The number of rotatable bonds is 6. The van der Waals surface area contributed by atoms with Gasteiger partial charge < -0.3 is 18.9 Å². The van der Waals surface area contributed by atoms with Gasteiger partial charge in [-0.3, -0.25) is 9.11 Å². The average Bonchev–Trinajstić information content (AvgIpc) is 2.49. The first kappa shape index (κ1) is 39.4. The van der Waals surface area contributed by atoms with Crippen LogP contribution in [0.25, 0.3) is 0 Å². The summed E-state index contributed by atoms with van der Waals surface area (Å²) >= 11 is 0. The molecule has 19 heteroatoms. The second-order valence-corrected chi connectivity index (χ2v) is 6.64. The standard InChI is InChI=1S/2C4H10O2.2CHF3O3S.Zn/c2*1-5-3-4-6-2;2*2-1(3,4)8(5,6)7;/h2*3-4H2,1-2H3;2*(H,5,6,7);. The normalized spacial score (nSPS) is 11.4. The smallest absolute Gasteiger partial charge is 0.382 e. The van der Waals surface area contributed by atoms with Crippen LogP contribution in [-0.4, -0.2) is 91.8 Å². The molecule has 0 spiro atoms. The van der Waals surface area contributed by atoms with Crippen LogP contribution in [-0.2, 0) is 58.7 Å². The van der Waals surface area contributed by atoms with E-state index < -0.39 is 31.3 Å². The molecular weight excluding hydrogens is 524 g/mol. The van der Waals surface area contributed by atoms with Gasteiger partial charge in [-0.25, -0.2) is 0 Å². The molecule has 0 aliphatic carbocycles. The third-order valence-corrected chi connectivity index (χ3v) is 2.74. The second-order valence-electron chi connectivity index (χ2n) is 3.81. The molecule has 0 saturated carbocycles. The van der Waals surface area contributed by atoms with Gasteiger partial charge in [-0.1, -0.05) is 0 Å². The van der Waals surface area contributed by atoms with Crippen molar-refractivity contribution in [2.75, 3.05) is 54.9 Å². The van der Waals surface area contributed by atoms with E-state index in [0.29, 0.717) is 26.4 Å². The molecule has 0 radical (unpaired) electrons. The molecule has 29 heavy (non-hydrogen) atoms. The van der Waals surface area contributed by atoms with Gasteiger partial charge in [0.05, 0.1) is 26.4 Å². The second kappa shape index (κ2) is 19.8. The Hall–Kier alpha value is -0.137. The van der Waals surface area contributed by atoms with Crippen LogP contribution < -0.4 is 0 Å². The Kier molecular flexibility index (Phi) is 26.9. The van der Waals surface area contributed by atoms with E-state index in [0.717, 1.165) is 0 Å². The Morgan fingerprint density at radius 3 is 0.724 bits per heavy atom. The van der Waals surface area contributed by atoms with E-state index in [1.54, 1.807) is 28.4 Å². The number of methoxy groups -OCH3 is 4. The number of hydrogen-bond donors (Lipinski definition) is 2. The van der Waals surface area contributed by atoms with Crippen LogP contribution in [0.1, 0.15) is 0 Å². The zero-order valence-electron chi connectivity index (χ0n) is 15.8. The van der Waals surface area contributed by atoms with E-state index in [-0.39, 0.29) is 19.5 Å². The zero-order chi connectivity index (χ0) is 23.7. The van der Waals surface area contributed by atoms with Crippen molar-refractivity contribution in [1.29, 1.82) is 0 Å². The molecule has 2 N–H and O–H groups in total. The van der Waals surface area contributed by atoms with Gasteiger partial charge in [0.2, 0.25) is 0 Å². The van der Waals surface area contributed by atoms with Crippen LogP contribution in [0.3, 0.4) is 0 Å². The molecule has 0 heterocycles. The molecule has 0 aromatic heterocycles. The molecule has 0 rings (SSSR count). The average molecular weight is 546 g/mol. The molecule has 0 aliphatic heterocycles. The van der Waals surface area contributed by atoms with Crippen molar-refractivity contribution in [3.8, 4) is 0 Å².